The monoisotopic (exact) mass is 291 g/mol. The fourth-order valence-electron chi connectivity index (χ4n) is 2.21. The Morgan fingerprint density at radius 3 is 2.71 bits per heavy atom. The maximum absolute atomic E-state index is 12.3. The van der Waals surface area contributed by atoms with Gasteiger partial charge in [0.25, 0.3) is 0 Å². The van der Waals surface area contributed by atoms with Crippen molar-refractivity contribution in [1.82, 2.24) is 15.2 Å². The van der Waals surface area contributed by atoms with Crippen LogP contribution in [0.2, 0.25) is 0 Å². The largest absolute Gasteiger partial charge is 0.481 e. The lowest BCUT2D eigenvalue weighted by molar-refractivity contribution is -0.144. The summed E-state index contributed by atoms with van der Waals surface area (Å²) in [5.74, 6) is -1.64. The molecule has 0 aliphatic carbocycles. The zero-order valence-electron chi connectivity index (χ0n) is 12.1. The fraction of sp³-hybridized carbons (Fsp3) is 0.429. The van der Waals surface area contributed by atoms with Gasteiger partial charge in [-0.3, -0.25) is 19.8 Å². The number of methoxy groups -OCH3 is 1. The van der Waals surface area contributed by atoms with E-state index < -0.39 is 23.8 Å². The standard InChI is InChI=1S/C14H17N3O4/c1-8(2)11-12(18)16-14(20)17(13(11)19)7-9-4-5-15-10(6-9)21-3/h4-6,8,11H,7H2,1-3H3,(H,16,18,20). The van der Waals surface area contributed by atoms with Crippen LogP contribution in [0.1, 0.15) is 19.4 Å². The highest BCUT2D eigenvalue weighted by Crippen LogP contribution is 2.21. The molecule has 4 amide bonds. The van der Waals surface area contributed by atoms with Gasteiger partial charge in [0.15, 0.2) is 0 Å². The SMILES string of the molecule is COc1cc(CN2C(=O)NC(=O)C(C(C)C)C2=O)ccn1. The third-order valence-electron chi connectivity index (χ3n) is 3.31. The molecule has 0 aromatic carbocycles. The van der Waals surface area contributed by atoms with Crippen LogP contribution in [-0.2, 0) is 16.1 Å². The van der Waals surface area contributed by atoms with E-state index in [1.807, 2.05) is 0 Å². The Hall–Kier alpha value is -2.44. The number of pyridine rings is 1. The van der Waals surface area contributed by atoms with Crippen molar-refractivity contribution in [3.05, 3.63) is 23.9 Å². The first-order valence-electron chi connectivity index (χ1n) is 6.59. The summed E-state index contributed by atoms with van der Waals surface area (Å²) in [7, 11) is 1.48. The molecule has 1 fully saturated rings. The van der Waals surface area contributed by atoms with Gasteiger partial charge in [-0.15, -0.1) is 0 Å². The first kappa shape index (κ1) is 15.0. The first-order chi connectivity index (χ1) is 9.93. The lowest BCUT2D eigenvalue weighted by Gasteiger charge is -2.31. The van der Waals surface area contributed by atoms with Gasteiger partial charge >= 0.3 is 6.03 Å². The number of aromatic nitrogens is 1. The third-order valence-corrected chi connectivity index (χ3v) is 3.31. The van der Waals surface area contributed by atoms with E-state index in [4.69, 9.17) is 4.74 Å². The van der Waals surface area contributed by atoms with Crippen molar-refractivity contribution >= 4 is 17.8 Å². The minimum atomic E-state index is -0.841. The summed E-state index contributed by atoms with van der Waals surface area (Å²) in [6.45, 7) is 3.61. The molecule has 21 heavy (non-hydrogen) atoms. The number of rotatable bonds is 4. The third kappa shape index (κ3) is 3.01. The van der Waals surface area contributed by atoms with E-state index in [2.05, 4.69) is 10.3 Å². The molecule has 7 nitrogen and oxygen atoms in total. The molecule has 1 aliphatic heterocycles. The maximum Gasteiger partial charge on any atom is 0.331 e. The molecule has 2 heterocycles. The van der Waals surface area contributed by atoms with Gasteiger partial charge in [0.05, 0.1) is 13.7 Å². The summed E-state index contributed by atoms with van der Waals surface area (Å²) < 4.78 is 5.00. The van der Waals surface area contributed by atoms with Crippen LogP contribution >= 0.6 is 0 Å². The second-order valence-corrected chi connectivity index (χ2v) is 5.15. The average Bonchev–Trinajstić information content (AvgIpc) is 2.43. The summed E-state index contributed by atoms with van der Waals surface area (Å²) in [5, 5.41) is 2.22. The van der Waals surface area contributed by atoms with E-state index in [-0.39, 0.29) is 12.5 Å². The molecule has 1 saturated heterocycles. The summed E-state index contributed by atoms with van der Waals surface area (Å²) >= 11 is 0. The van der Waals surface area contributed by atoms with E-state index in [1.165, 1.54) is 13.3 Å². The molecule has 0 radical (unpaired) electrons. The number of carbonyl (C=O) groups is 3. The van der Waals surface area contributed by atoms with E-state index in [0.717, 1.165) is 4.90 Å². The Kier molecular flexibility index (Phi) is 4.21. The van der Waals surface area contributed by atoms with Crippen molar-refractivity contribution in [1.29, 1.82) is 0 Å². The van der Waals surface area contributed by atoms with Crippen molar-refractivity contribution in [2.75, 3.05) is 7.11 Å². The summed E-state index contributed by atoms with van der Waals surface area (Å²) in [6.07, 6.45) is 1.53. The van der Waals surface area contributed by atoms with Crippen molar-refractivity contribution in [3.63, 3.8) is 0 Å². The topological polar surface area (TPSA) is 88.6 Å². The molecule has 0 bridgehead atoms. The van der Waals surface area contributed by atoms with Crippen molar-refractivity contribution in [3.8, 4) is 5.88 Å². The maximum atomic E-state index is 12.3. The molecule has 1 aliphatic rings. The molecule has 1 atom stereocenters. The van der Waals surface area contributed by atoms with Crippen LogP contribution < -0.4 is 10.1 Å². The molecule has 1 aromatic heterocycles. The second-order valence-electron chi connectivity index (χ2n) is 5.15. The van der Waals surface area contributed by atoms with Crippen molar-refractivity contribution in [2.45, 2.75) is 20.4 Å². The van der Waals surface area contributed by atoms with Crippen LogP contribution in [0.4, 0.5) is 4.79 Å². The normalized spacial score (nSPS) is 19.0. The minimum absolute atomic E-state index is 0.0695. The van der Waals surface area contributed by atoms with Crippen LogP contribution in [0, 0.1) is 11.8 Å². The van der Waals surface area contributed by atoms with Crippen molar-refractivity contribution in [2.24, 2.45) is 11.8 Å². The number of nitrogens with zero attached hydrogens (tertiary/aromatic N) is 2. The van der Waals surface area contributed by atoms with E-state index >= 15 is 0 Å². The van der Waals surface area contributed by atoms with Gasteiger partial charge in [-0.2, -0.15) is 0 Å². The molecule has 2 rings (SSSR count). The van der Waals surface area contributed by atoms with Gasteiger partial charge in [0.2, 0.25) is 17.7 Å². The highest BCUT2D eigenvalue weighted by atomic mass is 16.5. The number of amides is 4. The predicted octanol–water partition coefficient (Wildman–Crippen LogP) is 0.941. The van der Waals surface area contributed by atoms with Crippen LogP contribution in [0.5, 0.6) is 5.88 Å². The van der Waals surface area contributed by atoms with Gasteiger partial charge in [-0.25, -0.2) is 9.78 Å². The summed E-state index contributed by atoms with van der Waals surface area (Å²) in [4.78, 5) is 41.0. The first-order valence-corrected chi connectivity index (χ1v) is 6.59. The molecular weight excluding hydrogens is 274 g/mol. The Morgan fingerprint density at radius 2 is 2.10 bits per heavy atom. The highest BCUT2D eigenvalue weighted by molar-refractivity contribution is 6.16. The fourth-order valence-corrected chi connectivity index (χ4v) is 2.21. The number of barbiturate groups is 1. The Balaban J connectivity index is 2.23. The van der Waals surface area contributed by atoms with Gasteiger partial charge in [0.1, 0.15) is 5.92 Å². The van der Waals surface area contributed by atoms with Crippen LogP contribution in [0.3, 0.4) is 0 Å². The molecule has 0 spiro atoms. The number of imide groups is 2. The number of nitrogens with one attached hydrogen (secondary N) is 1. The van der Waals surface area contributed by atoms with Crippen molar-refractivity contribution < 1.29 is 19.1 Å². The quantitative estimate of drug-likeness (QED) is 0.834. The van der Waals surface area contributed by atoms with Crippen LogP contribution in [0.15, 0.2) is 18.3 Å². The molecular formula is C14H17N3O4. The molecule has 1 aromatic rings. The summed E-state index contributed by atoms with van der Waals surface area (Å²) in [6, 6.07) is 2.63. The predicted molar refractivity (Wildman–Crippen MR) is 73.2 cm³/mol. The number of urea groups is 1. The van der Waals surface area contributed by atoms with Gasteiger partial charge < -0.3 is 4.74 Å². The average molecular weight is 291 g/mol. The zero-order valence-corrected chi connectivity index (χ0v) is 12.1. The van der Waals surface area contributed by atoms with E-state index in [1.54, 1.807) is 26.0 Å². The number of ether oxygens (including phenoxy) is 1. The smallest absolute Gasteiger partial charge is 0.331 e. The lowest BCUT2D eigenvalue weighted by atomic mass is 9.92. The Bertz CT molecular complexity index is 585. The Morgan fingerprint density at radius 1 is 1.38 bits per heavy atom. The molecule has 1 N–H and O–H groups in total. The molecule has 0 saturated carbocycles. The Labute approximate surface area is 122 Å². The second kappa shape index (κ2) is 5.90. The minimum Gasteiger partial charge on any atom is -0.481 e. The lowest BCUT2D eigenvalue weighted by Crippen LogP contribution is -2.58. The van der Waals surface area contributed by atoms with Gasteiger partial charge in [0, 0.05) is 12.3 Å². The van der Waals surface area contributed by atoms with Crippen LogP contribution in [-0.4, -0.2) is 34.8 Å². The van der Waals surface area contributed by atoms with E-state index in [9.17, 15) is 14.4 Å². The van der Waals surface area contributed by atoms with Crippen LogP contribution in [0.25, 0.3) is 0 Å². The number of carbonyl (C=O) groups excluding carboxylic acids is 3. The molecule has 112 valence electrons. The van der Waals surface area contributed by atoms with Gasteiger partial charge in [-0.1, -0.05) is 13.8 Å². The van der Waals surface area contributed by atoms with Gasteiger partial charge in [-0.05, 0) is 17.5 Å². The van der Waals surface area contributed by atoms with E-state index in [0.29, 0.717) is 11.4 Å². The summed E-state index contributed by atoms with van der Waals surface area (Å²) in [5.41, 5.74) is 0.696. The highest BCUT2D eigenvalue weighted by Gasteiger charge is 2.41. The number of hydrogen-bond acceptors (Lipinski definition) is 5. The molecule has 1 unspecified atom stereocenters. The molecule has 7 heteroatoms. The number of hydrogen-bond donors (Lipinski definition) is 1. The zero-order chi connectivity index (χ0) is 15.6.